The topological polar surface area (TPSA) is 54.0 Å². The van der Waals surface area contributed by atoms with Gasteiger partial charge in [-0.15, -0.1) is 0 Å². The number of pyridine rings is 2. The van der Waals surface area contributed by atoms with Crippen LogP contribution in [0.4, 0.5) is 0 Å². The average Bonchev–Trinajstić information content (AvgIpc) is 3.32. The number of H-pyrrole nitrogens is 1. The minimum atomic E-state index is 0.658. The molecule has 8 rings (SSSR count). The molecule has 0 saturated carbocycles. The molecule has 1 N–H and O–H groups in total. The first kappa shape index (κ1) is 23.1. The highest BCUT2D eigenvalue weighted by Gasteiger charge is 2.45. The lowest BCUT2D eigenvalue weighted by atomic mass is 9.87. The van der Waals surface area contributed by atoms with Gasteiger partial charge in [0.15, 0.2) is 0 Å². The Bertz CT molecular complexity index is 1630. The van der Waals surface area contributed by atoms with Gasteiger partial charge in [0.1, 0.15) is 5.65 Å². The number of nitrogens with zero attached hydrogens (tertiary/aromatic N) is 3. The summed E-state index contributed by atoms with van der Waals surface area (Å²) < 4.78 is 5.74. The molecule has 5 nitrogen and oxygen atoms in total. The molecule has 2 bridgehead atoms. The first-order valence-corrected chi connectivity index (χ1v) is 14.3. The SMILES string of the molecule is c1cncc(-c2ccc(-c3c[nH]c4ncc(-c5ccc6c(c5)CC[C@@H](N5C7COCC5C7)CC6)cc34)cc2)c1. The summed E-state index contributed by atoms with van der Waals surface area (Å²) in [6.07, 6.45) is 14.0. The third-order valence-electron chi connectivity index (χ3n) is 9.18. The van der Waals surface area contributed by atoms with Gasteiger partial charge in [-0.3, -0.25) is 9.88 Å². The molecule has 5 aromatic rings. The van der Waals surface area contributed by atoms with Crippen LogP contribution >= 0.6 is 0 Å². The number of hydrogen-bond donors (Lipinski definition) is 1. The second kappa shape index (κ2) is 9.44. The maximum Gasteiger partial charge on any atom is 0.137 e. The second-order valence-electron chi connectivity index (χ2n) is 11.4. The van der Waals surface area contributed by atoms with Crippen molar-refractivity contribution in [1.29, 1.82) is 0 Å². The number of ether oxygens (including phenoxy) is 1. The zero-order chi connectivity index (χ0) is 25.8. The molecule has 0 radical (unpaired) electrons. The minimum Gasteiger partial charge on any atom is -0.378 e. The van der Waals surface area contributed by atoms with Gasteiger partial charge in [-0.05, 0) is 77.6 Å². The number of aromatic amines is 1. The maximum atomic E-state index is 5.74. The molecule has 2 saturated heterocycles. The third-order valence-corrected chi connectivity index (χ3v) is 9.18. The molecule has 3 aromatic heterocycles. The normalized spacial score (nSPS) is 22.7. The van der Waals surface area contributed by atoms with E-state index < -0.39 is 0 Å². The molecule has 2 unspecified atom stereocenters. The summed E-state index contributed by atoms with van der Waals surface area (Å²) in [4.78, 5) is 15.2. The fourth-order valence-corrected chi connectivity index (χ4v) is 7.11. The molecule has 5 heteroatoms. The molecule has 0 spiro atoms. The highest BCUT2D eigenvalue weighted by Crippen LogP contribution is 2.38. The van der Waals surface area contributed by atoms with Crippen molar-refractivity contribution in [2.24, 2.45) is 0 Å². The van der Waals surface area contributed by atoms with E-state index in [9.17, 15) is 0 Å². The van der Waals surface area contributed by atoms with Crippen molar-refractivity contribution in [2.75, 3.05) is 13.2 Å². The standard InChI is InChI=1S/C34H32N4O/c1-2-27(17-35-13-1)23-3-6-24(7-4-23)33-19-37-34-32(33)15-28(18-36-34)26-8-5-22-9-11-29(12-10-25(22)14-26)38-30-16-31(38)21-39-20-30/h1-8,13-15,17-19,29-31H,9-12,16,20-21H2,(H,36,37)/t29-,30?,31?/m0/s1. The molecule has 2 fully saturated rings. The number of nitrogens with one attached hydrogen (secondary N) is 1. The molecule has 2 aromatic carbocycles. The van der Waals surface area contributed by atoms with Crippen LogP contribution in [0.2, 0.25) is 0 Å². The molecular formula is C34H32N4O. The Labute approximate surface area is 228 Å². The minimum absolute atomic E-state index is 0.658. The Morgan fingerprint density at radius 3 is 2.33 bits per heavy atom. The largest absolute Gasteiger partial charge is 0.378 e. The van der Waals surface area contributed by atoms with Crippen molar-refractivity contribution >= 4 is 11.0 Å². The number of rotatable bonds is 4. The molecule has 3 aliphatic rings. The Kier molecular flexibility index (Phi) is 5.59. The molecular weight excluding hydrogens is 480 g/mol. The fourth-order valence-electron chi connectivity index (χ4n) is 7.11. The summed E-state index contributed by atoms with van der Waals surface area (Å²) in [5, 5.41) is 1.16. The van der Waals surface area contributed by atoms with E-state index >= 15 is 0 Å². The number of benzene rings is 2. The molecule has 1 aliphatic carbocycles. The van der Waals surface area contributed by atoms with Crippen LogP contribution in [0, 0.1) is 0 Å². The highest BCUT2D eigenvalue weighted by molar-refractivity contribution is 5.96. The lowest BCUT2D eigenvalue weighted by Gasteiger charge is -2.56. The van der Waals surface area contributed by atoms with Crippen molar-refractivity contribution in [3.63, 3.8) is 0 Å². The quantitative estimate of drug-likeness (QED) is 0.273. The lowest BCUT2D eigenvalue weighted by molar-refractivity contribution is -0.148. The van der Waals surface area contributed by atoms with Crippen LogP contribution in [0.25, 0.3) is 44.4 Å². The van der Waals surface area contributed by atoms with E-state index in [1.54, 1.807) is 0 Å². The Hall–Kier alpha value is -3.80. The zero-order valence-electron chi connectivity index (χ0n) is 22.0. The van der Waals surface area contributed by atoms with Crippen LogP contribution in [-0.4, -0.2) is 51.2 Å². The Morgan fingerprint density at radius 1 is 0.744 bits per heavy atom. The molecule has 5 heterocycles. The van der Waals surface area contributed by atoms with Crippen molar-refractivity contribution in [2.45, 2.75) is 50.2 Å². The predicted octanol–water partition coefficient (Wildman–Crippen LogP) is 6.68. The predicted molar refractivity (Wildman–Crippen MR) is 155 cm³/mol. The van der Waals surface area contributed by atoms with Gasteiger partial charge in [-0.1, -0.05) is 48.5 Å². The molecule has 0 amide bonds. The maximum absolute atomic E-state index is 5.74. The van der Waals surface area contributed by atoms with E-state index in [1.165, 1.54) is 64.6 Å². The third kappa shape index (κ3) is 4.08. The van der Waals surface area contributed by atoms with Crippen LogP contribution < -0.4 is 0 Å². The van der Waals surface area contributed by atoms with Crippen molar-refractivity contribution in [3.8, 4) is 33.4 Å². The van der Waals surface area contributed by atoms with Crippen molar-refractivity contribution < 1.29 is 4.74 Å². The van der Waals surface area contributed by atoms with E-state index in [0.29, 0.717) is 18.1 Å². The first-order chi connectivity index (χ1) is 19.3. The van der Waals surface area contributed by atoms with Gasteiger partial charge in [0.05, 0.1) is 13.2 Å². The van der Waals surface area contributed by atoms with Gasteiger partial charge in [0.2, 0.25) is 0 Å². The number of aromatic nitrogens is 3. The number of morpholine rings is 1. The van der Waals surface area contributed by atoms with Gasteiger partial charge in [0, 0.05) is 59.4 Å². The van der Waals surface area contributed by atoms with Crippen molar-refractivity contribution in [3.05, 3.63) is 96.6 Å². The molecule has 3 atom stereocenters. The van der Waals surface area contributed by atoms with Gasteiger partial charge >= 0.3 is 0 Å². The van der Waals surface area contributed by atoms with Crippen LogP contribution in [0.5, 0.6) is 0 Å². The van der Waals surface area contributed by atoms with E-state index in [0.717, 1.165) is 36.2 Å². The molecule has 2 aliphatic heterocycles. The van der Waals surface area contributed by atoms with E-state index in [4.69, 9.17) is 9.72 Å². The van der Waals surface area contributed by atoms with Gasteiger partial charge < -0.3 is 9.72 Å². The van der Waals surface area contributed by atoms with Gasteiger partial charge in [-0.2, -0.15) is 0 Å². The van der Waals surface area contributed by atoms with E-state index in [1.807, 2.05) is 24.7 Å². The Balaban J connectivity index is 1.06. The number of hydrogen-bond acceptors (Lipinski definition) is 4. The number of aryl methyl sites for hydroxylation is 2. The summed E-state index contributed by atoms with van der Waals surface area (Å²) >= 11 is 0. The van der Waals surface area contributed by atoms with Crippen LogP contribution in [-0.2, 0) is 17.6 Å². The Morgan fingerprint density at radius 2 is 1.54 bits per heavy atom. The van der Waals surface area contributed by atoms with E-state index in [2.05, 4.69) is 75.7 Å². The zero-order valence-corrected chi connectivity index (χ0v) is 22.0. The summed E-state index contributed by atoms with van der Waals surface area (Å²) in [6.45, 7) is 1.85. The summed E-state index contributed by atoms with van der Waals surface area (Å²) in [7, 11) is 0. The summed E-state index contributed by atoms with van der Waals surface area (Å²) in [6, 6.07) is 24.2. The molecule has 194 valence electrons. The van der Waals surface area contributed by atoms with E-state index in [-0.39, 0.29) is 0 Å². The highest BCUT2D eigenvalue weighted by atomic mass is 16.5. The van der Waals surface area contributed by atoms with Crippen molar-refractivity contribution in [1.82, 2.24) is 19.9 Å². The monoisotopic (exact) mass is 512 g/mol. The lowest BCUT2D eigenvalue weighted by Crippen LogP contribution is -2.66. The first-order valence-electron chi connectivity index (χ1n) is 14.3. The average molecular weight is 513 g/mol. The van der Waals surface area contributed by atoms with Gasteiger partial charge in [-0.25, -0.2) is 4.98 Å². The second-order valence-corrected chi connectivity index (χ2v) is 11.4. The summed E-state index contributed by atoms with van der Waals surface area (Å²) in [5.74, 6) is 0. The molecule has 39 heavy (non-hydrogen) atoms. The fraction of sp³-hybridized carbons (Fsp3) is 0.294. The van der Waals surface area contributed by atoms with Crippen LogP contribution in [0.15, 0.2) is 85.5 Å². The smallest absolute Gasteiger partial charge is 0.137 e. The van der Waals surface area contributed by atoms with Crippen LogP contribution in [0.3, 0.4) is 0 Å². The summed E-state index contributed by atoms with van der Waals surface area (Å²) in [5.41, 5.74) is 11.0. The van der Waals surface area contributed by atoms with Crippen LogP contribution in [0.1, 0.15) is 30.4 Å². The number of fused-ring (bicyclic) bond motifs is 4. The van der Waals surface area contributed by atoms with Gasteiger partial charge in [0.25, 0.3) is 0 Å².